The van der Waals surface area contributed by atoms with Gasteiger partial charge in [0.15, 0.2) is 0 Å². The van der Waals surface area contributed by atoms with Gasteiger partial charge in [-0.15, -0.1) is 13.2 Å². The van der Waals surface area contributed by atoms with E-state index in [0.717, 1.165) is 25.0 Å². The van der Waals surface area contributed by atoms with Crippen molar-refractivity contribution >= 4 is 5.97 Å². The molecule has 1 N–H and O–H groups in total. The molecule has 17 heavy (non-hydrogen) atoms. The number of carboxylic acids is 1. The van der Waals surface area contributed by atoms with Crippen LogP contribution < -0.4 is 4.74 Å². The molecule has 1 aromatic carbocycles. The molecule has 3 nitrogen and oxygen atoms in total. The number of hydrogen-bond acceptors (Lipinski definition) is 2. The van der Waals surface area contributed by atoms with Crippen LogP contribution in [-0.4, -0.2) is 17.4 Å². The Bertz CT molecular complexity index is 450. The summed E-state index contributed by atoms with van der Waals surface area (Å²) in [7, 11) is 0. The van der Waals surface area contributed by atoms with Crippen LogP contribution in [0.4, 0.5) is 13.2 Å². The molecule has 0 amide bonds. The topological polar surface area (TPSA) is 46.5 Å². The van der Waals surface area contributed by atoms with Crippen molar-refractivity contribution in [2.45, 2.75) is 25.1 Å². The van der Waals surface area contributed by atoms with Gasteiger partial charge >= 0.3 is 12.3 Å². The zero-order chi connectivity index (χ0) is 12.6. The van der Waals surface area contributed by atoms with Crippen LogP contribution in [0.5, 0.6) is 5.75 Å². The average molecular weight is 246 g/mol. The summed E-state index contributed by atoms with van der Waals surface area (Å²) in [5.41, 5.74) is 0.295. The van der Waals surface area contributed by atoms with Crippen LogP contribution in [0.3, 0.4) is 0 Å². The number of hydrogen-bond donors (Lipinski definition) is 1. The van der Waals surface area contributed by atoms with Crippen LogP contribution in [0.25, 0.3) is 0 Å². The summed E-state index contributed by atoms with van der Waals surface area (Å²) in [6.07, 6.45) is -3.23. The van der Waals surface area contributed by atoms with Crippen LogP contribution >= 0.6 is 0 Å². The normalized spacial score (nSPS) is 15.7. The van der Waals surface area contributed by atoms with E-state index in [1.807, 2.05) is 0 Å². The lowest BCUT2D eigenvalue weighted by molar-refractivity contribution is -0.274. The monoisotopic (exact) mass is 246 g/mol. The quantitative estimate of drug-likeness (QED) is 0.891. The molecule has 1 saturated carbocycles. The van der Waals surface area contributed by atoms with Crippen molar-refractivity contribution < 1.29 is 27.8 Å². The van der Waals surface area contributed by atoms with E-state index in [-0.39, 0.29) is 17.2 Å². The third-order valence-corrected chi connectivity index (χ3v) is 2.50. The van der Waals surface area contributed by atoms with E-state index in [4.69, 9.17) is 5.11 Å². The fourth-order valence-corrected chi connectivity index (χ4v) is 1.61. The fraction of sp³-hybridized carbons (Fsp3) is 0.364. The van der Waals surface area contributed by atoms with E-state index in [1.54, 1.807) is 0 Å². The van der Waals surface area contributed by atoms with Gasteiger partial charge in [0.05, 0.1) is 5.56 Å². The number of carbonyl (C=O) groups is 1. The minimum absolute atomic E-state index is 0.0216. The standard InChI is InChI=1S/C11H9F3O3/c12-11(13,14)17-9-4-3-7(10(15)16)5-8(9)6-1-2-6/h3-6H,1-2H2,(H,15,16). The summed E-state index contributed by atoms with van der Waals surface area (Å²) in [6.45, 7) is 0. The lowest BCUT2D eigenvalue weighted by Crippen LogP contribution is -2.18. The van der Waals surface area contributed by atoms with Crippen molar-refractivity contribution in [2.24, 2.45) is 0 Å². The Kier molecular flexibility index (Phi) is 2.73. The molecular formula is C11H9F3O3. The van der Waals surface area contributed by atoms with Gasteiger partial charge in [-0.05, 0) is 42.5 Å². The van der Waals surface area contributed by atoms with Gasteiger partial charge in [0.1, 0.15) is 5.75 Å². The molecule has 0 bridgehead atoms. The van der Waals surface area contributed by atoms with Crippen molar-refractivity contribution in [3.05, 3.63) is 29.3 Å². The molecule has 0 spiro atoms. The zero-order valence-corrected chi connectivity index (χ0v) is 8.62. The molecule has 1 aromatic rings. The molecule has 92 valence electrons. The number of rotatable bonds is 3. The van der Waals surface area contributed by atoms with E-state index in [9.17, 15) is 18.0 Å². The summed E-state index contributed by atoms with van der Waals surface area (Å²) in [4.78, 5) is 10.7. The van der Waals surface area contributed by atoms with Crippen molar-refractivity contribution in [2.75, 3.05) is 0 Å². The van der Waals surface area contributed by atoms with Crippen molar-refractivity contribution in [1.29, 1.82) is 0 Å². The first-order valence-corrected chi connectivity index (χ1v) is 5.00. The van der Waals surface area contributed by atoms with Crippen LogP contribution in [0.1, 0.15) is 34.7 Å². The number of benzene rings is 1. The number of aromatic carboxylic acids is 1. The van der Waals surface area contributed by atoms with E-state index in [2.05, 4.69) is 4.74 Å². The summed E-state index contributed by atoms with van der Waals surface area (Å²) in [5, 5.41) is 8.77. The minimum atomic E-state index is -4.76. The van der Waals surface area contributed by atoms with Gasteiger partial charge in [-0.25, -0.2) is 4.79 Å². The van der Waals surface area contributed by atoms with Gasteiger partial charge < -0.3 is 9.84 Å². The molecule has 1 aliphatic carbocycles. The lowest BCUT2D eigenvalue weighted by Gasteiger charge is -2.13. The second-order valence-corrected chi connectivity index (χ2v) is 3.88. The van der Waals surface area contributed by atoms with Gasteiger partial charge in [0.2, 0.25) is 0 Å². The van der Waals surface area contributed by atoms with Crippen molar-refractivity contribution in [1.82, 2.24) is 0 Å². The maximum atomic E-state index is 12.1. The maximum absolute atomic E-state index is 12.1. The number of halogens is 3. The van der Waals surface area contributed by atoms with Crippen LogP contribution in [0, 0.1) is 0 Å². The highest BCUT2D eigenvalue weighted by molar-refractivity contribution is 5.88. The Morgan fingerprint density at radius 1 is 1.35 bits per heavy atom. The lowest BCUT2D eigenvalue weighted by atomic mass is 10.1. The third-order valence-electron chi connectivity index (χ3n) is 2.50. The molecule has 6 heteroatoms. The summed E-state index contributed by atoms with van der Waals surface area (Å²) in [5.74, 6) is -1.48. The van der Waals surface area contributed by atoms with Crippen molar-refractivity contribution in [3.63, 3.8) is 0 Å². The molecule has 0 radical (unpaired) electrons. The summed E-state index contributed by atoms with van der Waals surface area (Å²) < 4.78 is 40.3. The van der Waals surface area contributed by atoms with Crippen LogP contribution in [0.15, 0.2) is 18.2 Å². The van der Waals surface area contributed by atoms with E-state index < -0.39 is 12.3 Å². The highest BCUT2D eigenvalue weighted by atomic mass is 19.4. The number of carboxylic acid groups (broad SMARTS) is 1. The first-order chi connectivity index (χ1) is 7.87. The molecule has 0 heterocycles. The molecule has 0 aliphatic heterocycles. The van der Waals surface area contributed by atoms with Gasteiger partial charge in [0.25, 0.3) is 0 Å². The molecule has 1 aliphatic rings. The third kappa shape index (κ3) is 2.89. The van der Waals surface area contributed by atoms with Gasteiger partial charge in [-0.3, -0.25) is 0 Å². The van der Waals surface area contributed by atoms with E-state index in [1.165, 1.54) is 6.07 Å². The molecule has 0 aromatic heterocycles. The first kappa shape index (κ1) is 11.8. The molecular weight excluding hydrogens is 237 g/mol. The smallest absolute Gasteiger partial charge is 0.478 e. The predicted octanol–water partition coefficient (Wildman–Crippen LogP) is 3.16. The number of ether oxygens (including phenoxy) is 1. The van der Waals surface area contributed by atoms with Gasteiger partial charge in [0, 0.05) is 0 Å². The Balaban J connectivity index is 2.35. The Morgan fingerprint density at radius 3 is 2.47 bits per heavy atom. The fourth-order valence-electron chi connectivity index (χ4n) is 1.61. The average Bonchev–Trinajstić information content (AvgIpc) is 2.98. The molecule has 0 unspecified atom stereocenters. The van der Waals surface area contributed by atoms with E-state index >= 15 is 0 Å². The highest BCUT2D eigenvalue weighted by Crippen LogP contribution is 2.45. The zero-order valence-electron chi connectivity index (χ0n) is 8.62. The van der Waals surface area contributed by atoms with Crippen LogP contribution in [0.2, 0.25) is 0 Å². The largest absolute Gasteiger partial charge is 0.573 e. The second kappa shape index (κ2) is 3.94. The molecule has 1 fully saturated rings. The van der Waals surface area contributed by atoms with Gasteiger partial charge in [-0.2, -0.15) is 0 Å². The molecule has 0 atom stereocenters. The predicted molar refractivity (Wildman–Crippen MR) is 52.1 cm³/mol. The Hall–Kier alpha value is -1.72. The molecule has 2 rings (SSSR count). The minimum Gasteiger partial charge on any atom is -0.478 e. The number of alkyl halides is 3. The van der Waals surface area contributed by atoms with E-state index in [0.29, 0.717) is 5.56 Å². The van der Waals surface area contributed by atoms with Crippen molar-refractivity contribution in [3.8, 4) is 5.75 Å². The summed E-state index contributed by atoms with van der Waals surface area (Å²) >= 11 is 0. The SMILES string of the molecule is O=C(O)c1ccc(OC(F)(F)F)c(C2CC2)c1. The van der Waals surface area contributed by atoms with Gasteiger partial charge in [-0.1, -0.05) is 0 Å². The summed E-state index contributed by atoms with van der Waals surface area (Å²) in [6, 6.07) is 3.42. The maximum Gasteiger partial charge on any atom is 0.573 e. The highest BCUT2D eigenvalue weighted by Gasteiger charge is 2.35. The second-order valence-electron chi connectivity index (χ2n) is 3.88. The van der Waals surface area contributed by atoms with Crippen LogP contribution in [-0.2, 0) is 0 Å². The molecule has 0 saturated heterocycles. The Morgan fingerprint density at radius 2 is 2.00 bits per heavy atom. The Labute approximate surface area is 94.8 Å². The first-order valence-electron chi connectivity index (χ1n) is 5.00.